The van der Waals surface area contributed by atoms with Gasteiger partial charge in [-0.15, -0.1) is 0 Å². The Bertz CT molecular complexity index is 589. The molecule has 0 fully saturated rings. The number of rotatable bonds is 8. The predicted molar refractivity (Wildman–Crippen MR) is 94.4 cm³/mol. The third kappa shape index (κ3) is 6.03. The zero-order valence-electron chi connectivity index (χ0n) is 14.6. The maximum atomic E-state index is 11.9. The van der Waals surface area contributed by atoms with Gasteiger partial charge in [-0.05, 0) is 30.5 Å². The van der Waals surface area contributed by atoms with Crippen molar-refractivity contribution in [3.8, 4) is 11.5 Å². The van der Waals surface area contributed by atoms with Gasteiger partial charge in [0.25, 0.3) is 5.91 Å². The van der Waals surface area contributed by atoms with Crippen LogP contribution in [0.2, 0.25) is 0 Å². The Labute approximate surface area is 151 Å². The third-order valence-corrected chi connectivity index (χ3v) is 4.38. The average molecular weight is 402 g/mol. The minimum atomic E-state index is -0.490. The SMILES string of the molecule is COc1cc(Br)c(CC(=O)OCC(=O)N[C@H](C)C(C)C)cc1OC. The van der Waals surface area contributed by atoms with Crippen LogP contribution in [0.3, 0.4) is 0 Å². The van der Waals surface area contributed by atoms with Crippen LogP contribution in [0.4, 0.5) is 0 Å². The van der Waals surface area contributed by atoms with Gasteiger partial charge in [0, 0.05) is 10.5 Å². The number of benzene rings is 1. The van der Waals surface area contributed by atoms with Crippen LogP contribution in [0.1, 0.15) is 26.3 Å². The molecule has 0 aliphatic heterocycles. The van der Waals surface area contributed by atoms with Gasteiger partial charge in [0.2, 0.25) is 0 Å². The molecule has 0 saturated heterocycles. The molecule has 0 aliphatic carbocycles. The second-order valence-electron chi connectivity index (χ2n) is 5.74. The molecule has 6 nitrogen and oxygen atoms in total. The first kappa shape index (κ1) is 20.3. The van der Waals surface area contributed by atoms with Crippen molar-refractivity contribution in [3.05, 3.63) is 22.2 Å². The monoisotopic (exact) mass is 401 g/mol. The van der Waals surface area contributed by atoms with Crippen molar-refractivity contribution in [2.24, 2.45) is 5.92 Å². The summed E-state index contributed by atoms with van der Waals surface area (Å²) in [6, 6.07) is 3.44. The standard InChI is InChI=1S/C17H24BrNO5/c1-10(2)11(3)19-16(20)9-24-17(21)7-12-6-14(22-4)15(23-5)8-13(12)18/h6,8,10-11H,7,9H2,1-5H3,(H,19,20)/t11-/m1/s1. The molecule has 0 aromatic heterocycles. The number of ether oxygens (including phenoxy) is 3. The van der Waals surface area contributed by atoms with E-state index < -0.39 is 5.97 Å². The summed E-state index contributed by atoms with van der Waals surface area (Å²) in [5.41, 5.74) is 0.689. The summed E-state index contributed by atoms with van der Waals surface area (Å²) in [5.74, 6) is 0.592. The van der Waals surface area contributed by atoms with Crippen LogP contribution in [-0.2, 0) is 20.7 Å². The van der Waals surface area contributed by atoms with Crippen LogP contribution in [0, 0.1) is 5.92 Å². The molecule has 24 heavy (non-hydrogen) atoms. The average Bonchev–Trinajstić information content (AvgIpc) is 2.54. The summed E-state index contributed by atoms with van der Waals surface area (Å²) in [6.07, 6.45) is 0.0218. The molecular weight excluding hydrogens is 378 g/mol. The van der Waals surface area contributed by atoms with Gasteiger partial charge < -0.3 is 19.5 Å². The van der Waals surface area contributed by atoms with Gasteiger partial charge in [0.05, 0.1) is 20.6 Å². The number of carbonyl (C=O) groups is 2. The smallest absolute Gasteiger partial charge is 0.310 e. The van der Waals surface area contributed by atoms with Crippen molar-refractivity contribution >= 4 is 27.8 Å². The number of hydrogen-bond acceptors (Lipinski definition) is 5. The Balaban J connectivity index is 2.61. The van der Waals surface area contributed by atoms with E-state index in [4.69, 9.17) is 14.2 Å². The second kappa shape index (κ2) is 9.52. The molecule has 134 valence electrons. The molecule has 0 saturated carbocycles. The van der Waals surface area contributed by atoms with Gasteiger partial charge in [-0.2, -0.15) is 0 Å². The highest BCUT2D eigenvalue weighted by atomic mass is 79.9. The fraction of sp³-hybridized carbons (Fsp3) is 0.529. The molecule has 0 unspecified atom stereocenters. The van der Waals surface area contributed by atoms with Gasteiger partial charge in [-0.25, -0.2) is 0 Å². The van der Waals surface area contributed by atoms with Crippen LogP contribution < -0.4 is 14.8 Å². The molecular formula is C17H24BrNO5. The van der Waals surface area contributed by atoms with Crippen LogP contribution in [-0.4, -0.2) is 38.7 Å². The van der Waals surface area contributed by atoms with Crippen molar-refractivity contribution < 1.29 is 23.8 Å². The molecule has 1 amide bonds. The Morgan fingerprint density at radius 2 is 1.71 bits per heavy atom. The van der Waals surface area contributed by atoms with Crippen molar-refractivity contribution in [1.82, 2.24) is 5.32 Å². The van der Waals surface area contributed by atoms with Crippen molar-refractivity contribution in [1.29, 1.82) is 0 Å². The van der Waals surface area contributed by atoms with Crippen LogP contribution in [0.15, 0.2) is 16.6 Å². The molecule has 7 heteroatoms. The minimum absolute atomic E-state index is 0.0218. The first-order valence-electron chi connectivity index (χ1n) is 7.63. The minimum Gasteiger partial charge on any atom is -0.493 e. The van der Waals surface area contributed by atoms with E-state index in [1.165, 1.54) is 14.2 Å². The lowest BCUT2D eigenvalue weighted by Crippen LogP contribution is -2.38. The number of hydrogen-bond donors (Lipinski definition) is 1. The van der Waals surface area contributed by atoms with E-state index in [-0.39, 0.29) is 25.0 Å². The fourth-order valence-corrected chi connectivity index (χ4v) is 2.31. The molecule has 0 spiro atoms. The Kier molecular flexibility index (Phi) is 8.04. The maximum Gasteiger partial charge on any atom is 0.310 e. The maximum absolute atomic E-state index is 11.9. The topological polar surface area (TPSA) is 73.9 Å². The summed E-state index contributed by atoms with van der Waals surface area (Å²) in [5, 5.41) is 2.78. The first-order chi connectivity index (χ1) is 11.3. The fourth-order valence-electron chi connectivity index (χ4n) is 1.85. The molecule has 1 rings (SSSR count). The third-order valence-electron chi connectivity index (χ3n) is 3.64. The van der Waals surface area contributed by atoms with E-state index in [9.17, 15) is 9.59 Å². The van der Waals surface area contributed by atoms with Gasteiger partial charge >= 0.3 is 5.97 Å². The van der Waals surface area contributed by atoms with Gasteiger partial charge in [0.15, 0.2) is 18.1 Å². The quantitative estimate of drug-likeness (QED) is 0.677. The van der Waals surface area contributed by atoms with E-state index >= 15 is 0 Å². The van der Waals surface area contributed by atoms with E-state index in [0.717, 1.165) is 0 Å². The Morgan fingerprint density at radius 1 is 1.12 bits per heavy atom. The first-order valence-corrected chi connectivity index (χ1v) is 8.43. The largest absolute Gasteiger partial charge is 0.493 e. The van der Waals surface area contributed by atoms with Gasteiger partial charge in [-0.1, -0.05) is 29.8 Å². The van der Waals surface area contributed by atoms with E-state index in [1.807, 2.05) is 20.8 Å². The lowest BCUT2D eigenvalue weighted by molar-refractivity contribution is -0.148. The van der Waals surface area contributed by atoms with E-state index in [0.29, 0.717) is 27.5 Å². The van der Waals surface area contributed by atoms with Gasteiger partial charge in [-0.3, -0.25) is 9.59 Å². The zero-order chi connectivity index (χ0) is 18.3. The Morgan fingerprint density at radius 3 is 2.25 bits per heavy atom. The van der Waals surface area contributed by atoms with Crippen molar-refractivity contribution in [3.63, 3.8) is 0 Å². The lowest BCUT2D eigenvalue weighted by Gasteiger charge is -2.17. The predicted octanol–water partition coefficient (Wildman–Crippen LogP) is 2.71. The van der Waals surface area contributed by atoms with Gasteiger partial charge in [0.1, 0.15) is 0 Å². The molecule has 0 aliphatic rings. The van der Waals surface area contributed by atoms with Crippen LogP contribution >= 0.6 is 15.9 Å². The lowest BCUT2D eigenvalue weighted by atomic mass is 10.1. The molecule has 1 atom stereocenters. The Hall–Kier alpha value is -1.76. The summed E-state index contributed by atoms with van der Waals surface area (Å²) >= 11 is 3.39. The summed E-state index contributed by atoms with van der Waals surface area (Å²) in [7, 11) is 3.06. The van der Waals surface area contributed by atoms with E-state index in [2.05, 4.69) is 21.2 Å². The molecule has 0 heterocycles. The number of esters is 1. The summed E-state index contributed by atoms with van der Waals surface area (Å²) in [6.45, 7) is 5.63. The van der Waals surface area contributed by atoms with E-state index in [1.54, 1.807) is 12.1 Å². The highest BCUT2D eigenvalue weighted by molar-refractivity contribution is 9.10. The van der Waals surface area contributed by atoms with Crippen molar-refractivity contribution in [2.45, 2.75) is 33.2 Å². The van der Waals surface area contributed by atoms with Crippen LogP contribution in [0.25, 0.3) is 0 Å². The van der Waals surface area contributed by atoms with Crippen molar-refractivity contribution in [2.75, 3.05) is 20.8 Å². The highest BCUT2D eigenvalue weighted by Crippen LogP contribution is 2.33. The molecule has 0 radical (unpaired) electrons. The number of carbonyl (C=O) groups excluding carboxylic acids is 2. The normalized spacial score (nSPS) is 11.8. The molecule has 1 N–H and O–H groups in total. The zero-order valence-corrected chi connectivity index (χ0v) is 16.2. The summed E-state index contributed by atoms with van der Waals surface area (Å²) < 4.78 is 16.1. The highest BCUT2D eigenvalue weighted by Gasteiger charge is 2.16. The number of halogens is 1. The molecule has 1 aromatic carbocycles. The van der Waals surface area contributed by atoms with Crippen LogP contribution in [0.5, 0.6) is 11.5 Å². The summed E-state index contributed by atoms with van der Waals surface area (Å²) in [4.78, 5) is 23.7. The number of nitrogens with one attached hydrogen (secondary N) is 1. The number of amides is 1. The molecule has 1 aromatic rings. The number of methoxy groups -OCH3 is 2. The second-order valence-corrected chi connectivity index (χ2v) is 6.59. The molecule has 0 bridgehead atoms.